The highest BCUT2D eigenvalue weighted by Gasteiger charge is 2.28. The quantitative estimate of drug-likeness (QED) is 0.136. The minimum absolute atomic E-state index is 0.129. The van der Waals surface area contributed by atoms with E-state index >= 15 is 0 Å². The molecule has 3 N–H and O–H groups in total. The van der Waals surface area contributed by atoms with Crippen LogP contribution < -0.4 is 5.73 Å². The normalized spacial score (nSPS) is 13.3. The Morgan fingerprint density at radius 1 is 1.16 bits per heavy atom. The summed E-state index contributed by atoms with van der Waals surface area (Å²) in [6.45, 7) is 0. The number of nitrogen functional groups attached to an aromatic ring is 1. The van der Waals surface area contributed by atoms with Crippen molar-refractivity contribution in [1.82, 2.24) is 0 Å². The topological polar surface area (TPSA) is 157 Å². The van der Waals surface area contributed by atoms with Crippen LogP contribution in [0.1, 0.15) is 4.88 Å². The smallest absolute Gasteiger partial charge is 0.290 e. The molecule has 0 bridgehead atoms. The summed E-state index contributed by atoms with van der Waals surface area (Å²) in [7, 11) is -8.23. The third-order valence-corrected chi connectivity index (χ3v) is 11.4. The Hall–Kier alpha value is -2.26. The number of nitro benzene ring substituents is 1. The number of hydrogen-bond donors (Lipinski definition) is 2. The van der Waals surface area contributed by atoms with Gasteiger partial charge < -0.3 is 5.73 Å². The van der Waals surface area contributed by atoms with Gasteiger partial charge in [-0.05, 0) is 42.7 Å². The van der Waals surface area contributed by atoms with E-state index in [-0.39, 0.29) is 26.2 Å². The fraction of sp³-hybridized carbons (Fsp3) is 0.0556. The number of nitro groups is 1. The Balaban J connectivity index is 2.33. The largest absolute Gasteiger partial charge is 0.383 e. The summed E-state index contributed by atoms with van der Waals surface area (Å²) in [5.74, 6) is -0.245. The zero-order valence-electron chi connectivity index (χ0n) is 16.2. The van der Waals surface area contributed by atoms with E-state index in [0.717, 1.165) is 35.6 Å². The fourth-order valence-electron chi connectivity index (χ4n) is 2.60. The van der Waals surface area contributed by atoms with Gasteiger partial charge in [0.05, 0.1) is 28.7 Å². The van der Waals surface area contributed by atoms with Gasteiger partial charge in [-0.1, -0.05) is 25.8 Å². The molecule has 0 radical (unpaired) electrons. The number of sulfonamides is 1. The van der Waals surface area contributed by atoms with Crippen molar-refractivity contribution in [2.75, 3.05) is 6.26 Å². The second kappa shape index (κ2) is 9.31. The first-order valence-electron chi connectivity index (χ1n) is 8.53. The van der Waals surface area contributed by atoms with Crippen molar-refractivity contribution in [3.05, 3.63) is 74.1 Å². The van der Waals surface area contributed by atoms with Gasteiger partial charge >= 0.3 is 0 Å². The zero-order valence-corrected chi connectivity index (χ0v) is 21.1. The van der Waals surface area contributed by atoms with Crippen molar-refractivity contribution < 1.29 is 17.6 Å². The van der Waals surface area contributed by atoms with Crippen LogP contribution in [-0.4, -0.2) is 29.6 Å². The average Bonchev–Trinajstić information content (AvgIpc) is 3.19. The van der Waals surface area contributed by atoms with Gasteiger partial charge in [-0.2, -0.15) is 8.42 Å². The Bertz CT molecular complexity index is 1440. The standard InChI is InChI=1S/C18H15BrN4O5S4/c1-29-18-16(10-15(30-18)17(20)21)31(26,14-4-2-3-11(19)9-14)22-32(27,28)13-7-5-12(6-8-13)23(24)25/h2-10H,1H3,(H3,20,21). The van der Waals surface area contributed by atoms with Gasteiger partial charge in [0, 0.05) is 16.6 Å². The maximum absolute atomic E-state index is 14.3. The summed E-state index contributed by atoms with van der Waals surface area (Å²) in [5, 5.41) is 18.6. The van der Waals surface area contributed by atoms with Crippen LogP contribution in [0.25, 0.3) is 0 Å². The summed E-state index contributed by atoms with van der Waals surface area (Å²) in [4.78, 5) is 10.5. The number of rotatable bonds is 7. The first-order valence-corrected chi connectivity index (χ1v) is 14.3. The third kappa shape index (κ3) is 4.88. The first kappa shape index (κ1) is 24.4. The number of non-ortho nitro benzene ring substituents is 1. The van der Waals surface area contributed by atoms with Crippen LogP contribution in [0, 0.1) is 15.5 Å². The van der Waals surface area contributed by atoms with Gasteiger partial charge in [0.25, 0.3) is 15.7 Å². The van der Waals surface area contributed by atoms with Crippen molar-refractivity contribution in [1.29, 1.82) is 5.41 Å². The Morgan fingerprint density at radius 3 is 2.34 bits per heavy atom. The van der Waals surface area contributed by atoms with Gasteiger partial charge in [0.2, 0.25) is 0 Å². The molecule has 0 fully saturated rings. The maximum Gasteiger partial charge on any atom is 0.290 e. The second-order valence-electron chi connectivity index (χ2n) is 6.16. The lowest BCUT2D eigenvalue weighted by molar-refractivity contribution is -0.384. The number of benzene rings is 2. The van der Waals surface area contributed by atoms with Crippen LogP contribution in [0.15, 0.2) is 81.7 Å². The van der Waals surface area contributed by atoms with E-state index in [1.807, 2.05) is 0 Å². The number of amidine groups is 1. The molecule has 0 spiro atoms. The molecule has 0 amide bonds. The lowest BCUT2D eigenvalue weighted by Crippen LogP contribution is -2.10. The number of nitrogens with one attached hydrogen (secondary N) is 1. The van der Waals surface area contributed by atoms with Crippen LogP contribution in [0.3, 0.4) is 0 Å². The minimum Gasteiger partial charge on any atom is -0.383 e. The molecule has 3 aromatic rings. The summed E-state index contributed by atoms with van der Waals surface area (Å²) in [5.41, 5.74) is 5.31. The van der Waals surface area contributed by atoms with E-state index < -0.39 is 24.7 Å². The molecular formula is C18H15BrN4O5S4. The number of nitrogens with two attached hydrogens (primary N) is 1. The molecule has 0 saturated carbocycles. The highest BCUT2D eigenvalue weighted by atomic mass is 79.9. The van der Waals surface area contributed by atoms with Crippen molar-refractivity contribution in [3.8, 4) is 0 Å². The molecule has 0 aliphatic rings. The lowest BCUT2D eigenvalue weighted by Gasteiger charge is -2.12. The number of thiophene rings is 1. The number of halogens is 1. The number of nitrogens with zero attached hydrogens (tertiary/aromatic N) is 2. The monoisotopic (exact) mass is 574 g/mol. The maximum atomic E-state index is 14.3. The average molecular weight is 576 g/mol. The van der Waals surface area contributed by atoms with Gasteiger partial charge in [-0.15, -0.1) is 23.1 Å². The zero-order chi connectivity index (χ0) is 23.7. The Morgan fingerprint density at radius 2 is 1.81 bits per heavy atom. The predicted molar refractivity (Wildman–Crippen MR) is 129 cm³/mol. The predicted octanol–water partition coefficient (Wildman–Crippen LogP) is 4.70. The molecule has 32 heavy (non-hydrogen) atoms. The number of thioether (sulfide) groups is 1. The summed E-state index contributed by atoms with van der Waals surface area (Å²) in [6.07, 6.45) is 1.73. The molecule has 168 valence electrons. The van der Waals surface area contributed by atoms with E-state index in [1.165, 1.54) is 30.0 Å². The van der Waals surface area contributed by atoms with Gasteiger partial charge in [-0.25, -0.2) is 4.21 Å². The number of hydrogen-bond acceptors (Lipinski definition) is 8. The summed E-state index contributed by atoms with van der Waals surface area (Å²) in [6, 6.07) is 11.9. The van der Waals surface area contributed by atoms with Gasteiger partial charge in [0.15, 0.2) is 0 Å². The lowest BCUT2D eigenvalue weighted by atomic mass is 10.3. The van der Waals surface area contributed by atoms with Crippen molar-refractivity contribution in [3.63, 3.8) is 0 Å². The third-order valence-electron chi connectivity index (χ3n) is 4.08. The summed E-state index contributed by atoms with van der Waals surface area (Å²) >= 11 is 5.65. The van der Waals surface area contributed by atoms with Crippen LogP contribution in [0.4, 0.5) is 5.69 Å². The molecule has 1 atom stereocenters. The van der Waals surface area contributed by atoms with Crippen LogP contribution >= 0.6 is 39.0 Å². The van der Waals surface area contributed by atoms with Gasteiger partial charge in [0.1, 0.15) is 15.6 Å². The molecule has 1 heterocycles. The molecule has 1 unspecified atom stereocenters. The van der Waals surface area contributed by atoms with E-state index in [1.54, 1.807) is 18.4 Å². The molecule has 3 rings (SSSR count). The molecular weight excluding hydrogens is 560 g/mol. The molecule has 0 aliphatic carbocycles. The SMILES string of the molecule is CSc1sc(C(=N)N)cc1S(=O)(=NS(=O)(=O)c1ccc([N+](=O)[O-])cc1)c1cccc(Br)c1. The molecule has 0 aliphatic heterocycles. The minimum atomic E-state index is -4.48. The first-order chi connectivity index (χ1) is 15.0. The van der Waals surface area contributed by atoms with Crippen molar-refractivity contribution in [2.24, 2.45) is 9.50 Å². The van der Waals surface area contributed by atoms with Crippen LogP contribution in [0.2, 0.25) is 0 Å². The van der Waals surface area contributed by atoms with Crippen LogP contribution in [0.5, 0.6) is 0 Å². The van der Waals surface area contributed by atoms with Crippen molar-refractivity contribution in [2.45, 2.75) is 18.9 Å². The van der Waals surface area contributed by atoms with Crippen LogP contribution in [-0.2, 0) is 19.8 Å². The van der Waals surface area contributed by atoms with E-state index in [4.69, 9.17) is 11.1 Å². The Kier molecular flexibility index (Phi) is 7.09. The van der Waals surface area contributed by atoms with E-state index in [9.17, 15) is 22.7 Å². The van der Waals surface area contributed by atoms with E-state index in [0.29, 0.717) is 13.6 Å². The highest BCUT2D eigenvalue weighted by Crippen LogP contribution is 2.39. The second-order valence-corrected chi connectivity index (χ2v) is 13.2. The Labute approximate surface area is 201 Å². The van der Waals surface area contributed by atoms with Gasteiger partial charge in [-0.3, -0.25) is 15.5 Å². The fourth-order valence-corrected chi connectivity index (χ4v) is 9.69. The van der Waals surface area contributed by atoms with E-state index in [2.05, 4.69) is 19.7 Å². The molecule has 2 aromatic carbocycles. The summed E-state index contributed by atoms with van der Waals surface area (Å²) < 4.78 is 45.4. The molecule has 9 nitrogen and oxygen atoms in total. The highest BCUT2D eigenvalue weighted by molar-refractivity contribution is 9.10. The molecule has 14 heteroatoms. The molecule has 0 saturated heterocycles. The molecule has 1 aromatic heterocycles. The van der Waals surface area contributed by atoms with Crippen molar-refractivity contribution >= 4 is 70.3 Å².